The Morgan fingerprint density at radius 3 is 3.05 bits per heavy atom. The maximum atomic E-state index is 11.8. The van der Waals surface area contributed by atoms with E-state index in [0.29, 0.717) is 0 Å². The molecule has 7 heteroatoms. The summed E-state index contributed by atoms with van der Waals surface area (Å²) in [6.45, 7) is 0.132. The van der Waals surface area contributed by atoms with Crippen LogP contribution >= 0.6 is 11.3 Å². The zero-order valence-electron chi connectivity index (χ0n) is 11.6. The van der Waals surface area contributed by atoms with Crippen molar-refractivity contribution in [1.29, 1.82) is 0 Å². The van der Waals surface area contributed by atoms with Crippen molar-refractivity contribution in [2.45, 2.75) is 43.7 Å². The van der Waals surface area contributed by atoms with Crippen LogP contribution in [-0.2, 0) is 4.74 Å². The van der Waals surface area contributed by atoms with Crippen LogP contribution in [0.25, 0.3) is 0 Å². The van der Waals surface area contributed by atoms with Gasteiger partial charge in [0.1, 0.15) is 6.61 Å². The summed E-state index contributed by atoms with van der Waals surface area (Å²) >= 11 is 1.41. The minimum atomic E-state index is -0.903. The second-order valence-electron chi connectivity index (χ2n) is 5.64. The quantitative estimate of drug-likeness (QED) is 0.897. The zero-order chi connectivity index (χ0) is 14.9. The molecule has 114 valence electrons. The van der Waals surface area contributed by atoms with Crippen LogP contribution in [0, 0.1) is 0 Å². The Morgan fingerprint density at radius 2 is 2.33 bits per heavy atom. The molecule has 3 rings (SSSR count). The second kappa shape index (κ2) is 5.55. The number of rotatable bonds is 3. The molecule has 1 aromatic rings. The van der Waals surface area contributed by atoms with Crippen LogP contribution in [0.15, 0.2) is 17.5 Å². The van der Waals surface area contributed by atoms with E-state index in [2.05, 4.69) is 5.32 Å². The largest absolute Gasteiger partial charge is 0.465 e. The Bertz CT molecular complexity index is 529. The number of amides is 2. The smallest absolute Gasteiger partial charge is 0.412 e. The highest BCUT2D eigenvalue weighted by Gasteiger charge is 2.52. The average Bonchev–Trinajstić information content (AvgIpc) is 3.02. The lowest BCUT2D eigenvalue weighted by molar-refractivity contribution is 0.0110. The molecule has 2 atom stereocenters. The summed E-state index contributed by atoms with van der Waals surface area (Å²) in [5.74, 6) is 0. The summed E-state index contributed by atoms with van der Waals surface area (Å²) in [7, 11) is 0. The van der Waals surface area contributed by atoms with Crippen molar-refractivity contribution >= 4 is 28.5 Å². The minimum absolute atomic E-state index is 0.0835. The number of ether oxygens (including phenoxy) is 1. The Balaban J connectivity index is 1.63. The van der Waals surface area contributed by atoms with Crippen molar-refractivity contribution in [3.63, 3.8) is 0 Å². The average molecular weight is 310 g/mol. The van der Waals surface area contributed by atoms with Crippen molar-refractivity contribution in [3.8, 4) is 0 Å². The SMILES string of the molecule is O=C(Nc1cccs1)OCC12CCCC(CC1)N2C(=O)O. The normalized spacial score (nSPS) is 27.4. The number of piperidine rings is 1. The summed E-state index contributed by atoms with van der Waals surface area (Å²) < 4.78 is 5.31. The molecule has 2 fully saturated rings. The molecular formula is C14H18N2O4S. The lowest BCUT2D eigenvalue weighted by Crippen LogP contribution is -2.55. The van der Waals surface area contributed by atoms with Crippen LogP contribution in [0.2, 0.25) is 0 Å². The van der Waals surface area contributed by atoms with Gasteiger partial charge < -0.3 is 9.84 Å². The molecule has 2 aliphatic rings. The number of anilines is 1. The van der Waals surface area contributed by atoms with Gasteiger partial charge in [0.25, 0.3) is 0 Å². The Morgan fingerprint density at radius 1 is 1.48 bits per heavy atom. The molecule has 2 bridgehead atoms. The van der Waals surface area contributed by atoms with Gasteiger partial charge in [-0.3, -0.25) is 10.2 Å². The third kappa shape index (κ3) is 2.70. The summed E-state index contributed by atoms with van der Waals surface area (Å²) in [4.78, 5) is 24.8. The number of thiophene rings is 1. The first-order chi connectivity index (χ1) is 10.1. The van der Waals surface area contributed by atoms with Gasteiger partial charge in [-0.2, -0.15) is 0 Å². The lowest BCUT2D eigenvalue weighted by atomic mass is 9.89. The van der Waals surface area contributed by atoms with Gasteiger partial charge in [0.2, 0.25) is 0 Å². The van der Waals surface area contributed by atoms with Gasteiger partial charge in [-0.1, -0.05) is 0 Å². The molecule has 0 saturated carbocycles. The molecule has 1 aromatic heterocycles. The molecule has 2 saturated heterocycles. The summed E-state index contributed by atoms with van der Waals surface area (Å²) in [6.07, 6.45) is 2.88. The highest BCUT2D eigenvalue weighted by Crippen LogP contribution is 2.44. The highest BCUT2D eigenvalue weighted by atomic mass is 32.1. The number of nitrogens with one attached hydrogen (secondary N) is 1. The lowest BCUT2D eigenvalue weighted by Gasteiger charge is -2.42. The van der Waals surface area contributed by atoms with Crippen LogP contribution in [0.3, 0.4) is 0 Å². The van der Waals surface area contributed by atoms with Crippen LogP contribution in [0.5, 0.6) is 0 Å². The molecule has 0 radical (unpaired) electrons. The Kier molecular flexibility index (Phi) is 3.75. The maximum absolute atomic E-state index is 11.8. The van der Waals surface area contributed by atoms with Crippen LogP contribution in [0.1, 0.15) is 32.1 Å². The molecule has 2 unspecified atom stereocenters. The molecule has 6 nitrogen and oxygen atoms in total. The monoisotopic (exact) mass is 310 g/mol. The van der Waals surface area contributed by atoms with E-state index in [1.54, 1.807) is 6.07 Å². The van der Waals surface area contributed by atoms with E-state index in [1.807, 2.05) is 11.4 Å². The van der Waals surface area contributed by atoms with Gasteiger partial charge in [0.05, 0.1) is 10.5 Å². The molecule has 21 heavy (non-hydrogen) atoms. The molecule has 0 aromatic carbocycles. The first-order valence-corrected chi connectivity index (χ1v) is 7.98. The predicted molar refractivity (Wildman–Crippen MR) is 78.8 cm³/mol. The van der Waals surface area contributed by atoms with Crippen molar-refractivity contribution in [2.24, 2.45) is 0 Å². The number of carbonyl (C=O) groups is 2. The van der Waals surface area contributed by atoms with Gasteiger partial charge in [0.15, 0.2) is 0 Å². The Labute approximate surface area is 126 Å². The standard InChI is InChI=1S/C14H18N2O4S/c17-12(15-11-4-2-8-21-11)20-9-14-6-1-3-10(5-7-14)16(14)13(18)19/h2,4,8,10H,1,3,5-7,9H2,(H,15,17)(H,18,19). The number of hydrogen-bond acceptors (Lipinski definition) is 4. The van der Waals surface area contributed by atoms with Gasteiger partial charge in [-0.05, 0) is 49.6 Å². The number of carbonyl (C=O) groups excluding carboxylic acids is 1. The zero-order valence-corrected chi connectivity index (χ0v) is 12.4. The van der Waals surface area contributed by atoms with Crippen molar-refractivity contribution in [2.75, 3.05) is 11.9 Å². The third-order valence-corrected chi connectivity index (χ3v) is 5.21. The van der Waals surface area contributed by atoms with Gasteiger partial charge >= 0.3 is 12.2 Å². The van der Waals surface area contributed by atoms with Crippen molar-refractivity contribution < 1.29 is 19.4 Å². The van der Waals surface area contributed by atoms with E-state index >= 15 is 0 Å². The van der Waals surface area contributed by atoms with E-state index in [1.165, 1.54) is 16.2 Å². The summed E-state index contributed by atoms with van der Waals surface area (Å²) in [5, 5.41) is 14.7. The van der Waals surface area contributed by atoms with E-state index in [-0.39, 0.29) is 12.6 Å². The first kappa shape index (κ1) is 14.2. The fourth-order valence-electron chi connectivity index (χ4n) is 3.52. The van der Waals surface area contributed by atoms with Gasteiger partial charge in [-0.15, -0.1) is 11.3 Å². The first-order valence-electron chi connectivity index (χ1n) is 7.10. The van der Waals surface area contributed by atoms with Gasteiger partial charge in [-0.25, -0.2) is 9.59 Å². The summed E-state index contributed by atoms with van der Waals surface area (Å²) in [5.41, 5.74) is -0.526. The molecule has 0 spiro atoms. The summed E-state index contributed by atoms with van der Waals surface area (Å²) in [6, 6.07) is 3.72. The number of nitrogens with zero attached hydrogens (tertiary/aromatic N) is 1. The van der Waals surface area contributed by atoms with E-state index in [0.717, 1.165) is 37.1 Å². The number of carboxylic acid groups (broad SMARTS) is 1. The second-order valence-corrected chi connectivity index (χ2v) is 6.59. The van der Waals surface area contributed by atoms with E-state index in [4.69, 9.17) is 4.74 Å². The molecule has 2 aliphatic heterocycles. The molecule has 3 heterocycles. The minimum Gasteiger partial charge on any atom is -0.465 e. The van der Waals surface area contributed by atoms with Crippen molar-refractivity contribution in [1.82, 2.24) is 4.90 Å². The van der Waals surface area contributed by atoms with Crippen LogP contribution < -0.4 is 5.32 Å². The van der Waals surface area contributed by atoms with E-state index in [9.17, 15) is 14.7 Å². The van der Waals surface area contributed by atoms with Crippen molar-refractivity contribution in [3.05, 3.63) is 17.5 Å². The third-order valence-electron chi connectivity index (χ3n) is 4.42. The number of fused-ring (bicyclic) bond motifs is 2. The molecule has 2 N–H and O–H groups in total. The predicted octanol–water partition coefficient (Wildman–Crippen LogP) is 3.36. The highest BCUT2D eigenvalue weighted by molar-refractivity contribution is 7.14. The van der Waals surface area contributed by atoms with Crippen LogP contribution in [-0.4, -0.2) is 40.4 Å². The molecular weight excluding hydrogens is 292 g/mol. The van der Waals surface area contributed by atoms with Crippen LogP contribution in [0.4, 0.5) is 14.6 Å². The van der Waals surface area contributed by atoms with Gasteiger partial charge in [0, 0.05) is 6.04 Å². The Hall–Kier alpha value is -1.76. The fourth-order valence-corrected chi connectivity index (χ4v) is 4.12. The maximum Gasteiger partial charge on any atom is 0.412 e. The fraction of sp³-hybridized carbons (Fsp3) is 0.571. The van der Waals surface area contributed by atoms with E-state index < -0.39 is 17.7 Å². The number of hydrogen-bond donors (Lipinski definition) is 2. The topological polar surface area (TPSA) is 78.9 Å². The molecule has 2 amide bonds. The molecule has 0 aliphatic carbocycles.